The van der Waals surface area contributed by atoms with Crippen molar-refractivity contribution in [1.29, 1.82) is 0 Å². The van der Waals surface area contributed by atoms with Gasteiger partial charge in [-0.05, 0) is 43.0 Å². The molecular weight excluding hydrogens is 230 g/mol. The maximum absolute atomic E-state index is 3.57. The Labute approximate surface area is 115 Å². The molecule has 0 spiro atoms. The molecule has 2 aromatic rings. The van der Waals surface area contributed by atoms with Gasteiger partial charge in [0.2, 0.25) is 0 Å². The minimum absolute atomic E-state index is 0.415. The van der Waals surface area contributed by atoms with E-state index in [1.165, 1.54) is 27.9 Å². The van der Waals surface area contributed by atoms with Crippen molar-refractivity contribution in [1.82, 2.24) is 0 Å². The summed E-state index contributed by atoms with van der Waals surface area (Å²) in [4.78, 5) is 0. The van der Waals surface area contributed by atoms with Gasteiger partial charge < -0.3 is 5.32 Å². The first-order valence-electron chi connectivity index (χ1n) is 6.82. The Hall–Kier alpha value is -2.02. The third-order valence-electron chi connectivity index (χ3n) is 3.64. The second-order valence-electron chi connectivity index (χ2n) is 5.39. The number of nitrogens with one attached hydrogen (secondary N) is 1. The molecular formula is C18H19N. The summed E-state index contributed by atoms with van der Waals surface area (Å²) >= 11 is 0. The molecule has 0 saturated carbocycles. The number of benzene rings is 2. The lowest BCUT2D eigenvalue weighted by molar-refractivity contribution is 0.928. The van der Waals surface area contributed by atoms with Crippen molar-refractivity contribution >= 4 is 11.8 Å². The molecule has 19 heavy (non-hydrogen) atoms. The molecule has 0 radical (unpaired) electrons. The first-order valence-corrected chi connectivity index (χ1v) is 6.82. The van der Waals surface area contributed by atoms with Crippen molar-refractivity contribution < 1.29 is 0 Å². The third kappa shape index (κ3) is 2.70. The first kappa shape index (κ1) is 12.0. The minimum Gasteiger partial charge on any atom is -0.378 e. The van der Waals surface area contributed by atoms with Crippen LogP contribution in [0.2, 0.25) is 0 Å². The summed E-state index contributed by atoms with van der Waals surface area (Å²) in [6.45, 7) is 4.25. The lowest BCUT2D eigenvalue weighted by atomic mass is 10.1. The van der Waals surface area contributed by atoms with Crippen LogP contribution in [0.5, 0.6) is 0 Å². The summed E-state index contributed by atoms with van der Waals surface area (Å²) in [6.07, 6.45) is 5.55. The van der Waals surface area contributed by atoms with E-state index in [1.54, 1.807) is 0 Å². The fourth-order valence-electron chi connectivity index (χ4n) is 2.51. The molecule has 1 nitrogen and oxygen atoms in total. The SMILES string of the molecule is Cc1ccc(/C=C/C2Cc3ccc(C)cc3N2)cc1. The Morgan fingerprint density at radius 1 is 1.00 bits per heavy atom. The average Bonchev–Trinajstić information content (AvgIpc) is 2.80. The Bertz CT molecular complexity index is 608. The molecule has 96 valence electrons. The van der Waals surface area contributed by atoms with Crippen molar-refractivity contribution in [2.75, 3.05) is 5.32 Å². The molecule has 1 aliphatic rings. The molecule has 3 rings (SSSR count). The monoisotopic (exact) mass is 249 g/mol. The van der Waals surface area contributed by atoms with Gasteiger partial charge in [0.25, 0.3) is 0 Å². The fraction of sp³-hybridized carbons (Fsp3) is 0.222. The molecule has 1 unspecified atom stereocenters. The second-order valence-corrected chi connectivity index (χ2v) is 5.39. The molecule has 0 amide bonds. The number of hydrogen-bond donors (Lipinski definition) is 1. The number of hydrogen-bond acceptors (Lipinski definition) is 1. The maximum Gasteiger partial charge on any atom is 0.0488 e. The third-order valence-corrected chi connectivity index (χ3v) is 3.64. The van der Waals surface area contributed by atoms with E-state index < -0.39 is 0 Å². The molecule has 1 heteroatoms. The van der Waals surface area contributed by atoms with Crippen molar-refractivity contribution in [2.24, 2.45) is 0 Å². The average molecular weight is 249 g/mol. The molecule has 2 aromatic carbocycles. The van der Waals surface area contributed by atoms with Gasteiger partial charge in [-0.3, -0.25) is 0 Å². The predicted octanol–water partition coefficient (Wildman–Crippen LogP) is 4.35. The van der Waals surface area contributed by atoms with Crippen LogP contribution in [0, 0.1) is 13.8 Å². The van der Waals surface area contributed by atoms with Crippen LogP contribution in [0.3, 0.4) is 0 Å². The van der Waals surface area contributed by atoms with E-state index in [0.717, 1.165) is 6.42 Å². The number of anilines is 1. The van der Waals surface area contributed by atoms with Crippen LogP contribution in [0.15, 0.2) is 48.5 Å². The maximum atomic E-state index is 3.57. The normalized spacial score (nSPS) is 17.5. The van der Waals surface area contributed by atoms with Crippen molar-refractivity contribution in [3.63, 3.8) is 0 Å². The highest BCUT2D eigenvalue weighted by Crippen LogP contribution is 2.27. The van der Waals surface area contributed by atoms with Crippen LogP contribution < -0.4 is 5.32 Å². The van der Waals surface area contributed by atoms with Gasteiger partial charge in [0.15, 0.2) is 0 Å². The van der Waals surface area contributed by atoms with Crippen LogP contribution in [0.1, 0.15) is 22.3 Å². The topological polar surface area (TPSA) is 12.0 Å². The number of fused-ring (bicyclic) bond motifs is 1. The predicted molar refractivity (Wildman–Crippen MR) is 82.5 cm³/mol. The van der Waals surface area contributed by atoms with Gasteiger partial charge >= 0.3 is 0 Å². The molecule has 0 aliphatic carbocycles. The van der Waals surface area contributed by atoms with Crippen molar-refractivity contribution in [3.8, 4) is 0 Å². The van der Waals surface area contributed by atoms with E-state index in [1.807, 2.05) is 0 Å². The van der Waals surface area contributed by atoms with Crippen LogP contribution >= 0.6 is 0 Å². The zero-order valence-electron chi connectivity index (χ0n) is 11.5. The van der Waals surface area contributed by atoms with Gasteiger partial charge in [0.1, 0.15) is 0 Å². The summed E-state index contributed by atoms with van der Waals surface area (Å²) in [5.41, 5.74) is 6.59. The molecule has 1 heterocycles. The fourth-order valence-corrected chi connectivity index (χ4v) is 2.51. The summed E-state index contributed by atoms with van der Waals surface area (Å²) in [6, 6.07) is 15.7. The lowest BCUT2D eigenvalue weighted by Gasteiger charge is -2.05. The number of rotatable bonds is 2. The Kier molecular flexibility index (Phi) is 3.12. The van der Waals surface area contributed by atoms with Crippen LogP contribution in [0.4, 0.5) is 5.69 Å². The van der Waals surface area contributed by atoms with E-state index in [-0.39, 0.29) is 0 Å². The molecule has 1 atom stereocenters. The first-order chi connectivity index (χ1) is 9.20. The minimum atomic E-state index is 0.415. The Balaban J connectivity index is 1.71. The van der Waals surface area contributed by atoms with E-state index >= 15 is 0 Å². The standard InChI is InChI=1S/C18H19N/c1-13-3-6-15(7-4-13)8-10-17-12-16-9-5-14(2)11-18(16)19-17/h3-11,17,19H,12H2,1-2H3/b10-8+. The largest absolute Gasteiger partial charge is 0.378 e. The Morgan fingerprint density at radius 2 is 1.74 bits per heavy atom. The molecule has 0 saturated heterocycles. The zero-order valence-corrected chi connectivity index (χ0v) is 11.5. The highest BCUT2D eigenvalue weighted by Gasteiger charge is 2.17. The highest BCUT2D eigenvalue weighted by molar-refractivity contribution is 5.61. The molecule has 1 aliphatic heterocycles. The van der Waals surface area contributed by atoms with Gasteiger partial charge in [-0.25, -0.2) is 0 Å². The van der Waals surface area contributed by atoms with Gasteiger partial charge in [-0.2, -0.15) is 0 Å². The highest BCUT2D eigenvalue weighted by atomic mass is 14.9. The van der Waals surface area contributed by atoms with E-state index in [2.05, 4.69) is 73.8 Å². The molecule has 0 fully saturated rings. The smallest absolute Gasteiger partial charge is 0.0488 e. The van der Waals surface area contributed by atoms with Crippen molar-refractivity contribution in [2.45, 2.75) is 26.3 Å². The summed E-state index contributed by atoms with van der Waals surface area (Å²) in [7, 11) is 0. The van der Waals surface area contributed by atoms with Gasteiger partial charge in [-0.1, -0.05) is 54.1 Å². The van der Waals surface area contributed by atoms with E-state index in [9.17, 15) is 0 Å². The van der Waals surface area contributed by atoms with Crippen molar-refractivity contribution in [3.05, 3.63) is 70.8 Å². The van der Waals surface area contributed by atoms with E-state index in [0.29, 0.717) is 6.04 Å². The van der Waals surface area contributed by atoms with Crippen LogP contribution in [0.25, 0.3) is 6.08 Å². The summed E-state index contributed by atoms with van der Waals surface area (Å²) in [5, 5.41) is 3.57. The zero-order chi connectivity index (χ0) is 13.2. The van der Waals surface area contributed by atoms with Gasteiger partial charge in [-0.15, -0.1) is 0 Å². The quantitative estimate of drug-likeness (QED) is 0.834. The molecule has 0 aromatic heterocycles. The van der Waals surface area contributed by atoms with Gasteiger partial charge in [0.05, 0.1) is 0 Å². The van der Waals surface area contributed by atoms with Gasteiger partial charge in [0, 0.05) is 11.7 Å². The summed E-state index contributed by atoms with van der Waals surface area (Å²) in [5.74, 6) is 0. The molecule has 1 N–H and O–H groups in total. The number of aryl methyl sites for hydroxylation is 2. The summed E-state index contributed by atoms with van der Waals surface area (Å²) < 4.78 is 0. The second kappa shape index (κ2) is 4.93. The van der Waals surface area contributed by atoms with E-state index in [4.69, 9.17) is 0 Å². The lowest BCUT2D eigenvalue weighted by Crippen LogP contribution is -2.10. The molecule has 0 bridgehead atoms. The van der Waals surface area contributed by atoms with Crippen LogP contribution in [-0.4, -0.2) is 6.04 Å². The Morgan fingerprint density at radius 3 is 2.53 bits per heavy atom. The van der Waals surface area contributed by atoms with Crippen LogP contribution in [-0.2, 0) is 6.42 Å².